The topological polar surface area (TPSA) is 68.3 Å². The minimum Gasteiger partial charge on any atom is -0.456 e. The van der Waals surface area contributed by atoms with Crippen LogP contribution in [0.5, 0.6) is 11.5 Å². The first-order chi connectivity index (χ1) is 12.9. The van der Waals surface area contributed by atoms with Gasteiger partial charge >= 0.3 is 0 Å². The number of fused-ring (bicyclic) bond motifs is 1. The van der Waals surface area contributed by atoms with Gasteiger partial charge in [0.1, 0.15) is 23.6 Å². The first kappa shape index (κ1) is 18.5. The van der Waals surface area contributed by atoms with Crippen molar-refractivity contribution in [2.24, 2.45) is 0 Å². The summed E-state index contributed by atoms with van der Waals surface area (Å²) in [6, 6.07) is 8.13. The van der Waals surface area contributed by atoms with Crippen LogP contribution in [0.4, 0.5) is 4.39 Å². The third-order valence-corrected chi connectivity index (χ3v) is 4.31. The van der Waals surface area contributed by atoms with Crippen molar-refractivity contribution in [3.05, 3.63) is 64.6 Å². The molecular formula is C21H19FN2O3. The number of pyridine rings is 1. The highest BCUT2D eigenvalue weighted by molar-refractivity contribution is 5.99. The van der Waals surface area contributed by atoms with Gasteiger partial charge in [0.05, 0.1) is 11.1 Å². The second kappa shape index (κ2) is 7.53. The zero-order valence-corrected chi connectivity index (χ0v) is 15.3. The number of hydrogen-bond acceptors (Lipinski definition) is 4. The SMILES string of the molecule is CNC(=O)c1cc2c(Oc3c(C)cc(CC=O)cc3C)ccnc2cc1F. The molecule has 6 heteroatoms. The Labute approximate surface area is 156 Å². The Kier molecular flexibility index (Phi) is 5.16. The van der Waals surface area contributed by atoms with E-state index in [1.807, 2.05) is 26.0 Å². The lowest BCUT2D eigenvalue weighted by Crippen LogP contribution is -2.19. The van der Waals surface area contributed by atoms with Crippen LogP contribution in [0, 0.1) is 19.7 Å². The van der Waals surface area contributed by atoms with Crippen LogP contribution in [0.3, 0.4) is 0 Å². The van der Waals surface area contributed by atoms with Crippen LogP contribution in [0.1, 0.15) is 27.0 Å². The second-order valence-electron chi connectivity index (χ2n) is 6.27. The molecule has 0 aliphatic heterocycles. The molecule has 1 heterocycles. The van der Waals surface area contributed by atoms with Gasteiger partial charge in [0.2, 0.25) is 0 Å². The van der Waals surface area contributed by atoms with Gasteiger partial charge in [0.15, 0.2) is 0 Å². The molecule has 0 aliphatic rings. The van der Waals surface area contributed by atoms with E-state index in [4.69, 9.17) is 4.74 Å². The van der Waals surface area contributed by atoms with Crippen molar-refractivity contribution < 1.29 is 18.7 Å². The minimum atomic E-state index is -0.642. The number of rotatable bonds is 5. The number of benzene rings is 2. The molecule has 2 aromatic carbocycles. The van der Waals surface area contributed by atoms with Crippen LogP contribution in [-0.4, -0.2) is 24.2 Å². The highest BCUT2D eigenvalue weighted by atomic mass is 19.1. The van der Waals surface area contributed by atoms with E-state index in [2.05, 4.69) is 10.3 Å². The lowest BCUT2D eigenvalue weighted by atomic mass is 10.0. The zero-order valence-electron chi connectivity index (χ0n) is 15.3. The average Bonchev–Trinajstić information content (AvgIpc) is 2.63. The number of aldehydes is 1. The number of halogens is 1. The summed E-state index contributed by atoms with van der Waals surface area (Å²) in [6.07, 6.45) is 2.73. The molecule has 3 aromatic rings. The summed E-state index contributed by atoms with van der Waals surface area (Å²) in [4.78, 5) is 26.8. The molecule has 0 bridgehead atoms. The molecule has 27 heavy (non-hydrogen) atoms. The van der Waals surface area contributed by atoms with Gasteiger partial charge in [-0.25, -0.2) is 4.39 Å². The molecule has 0 aliphatic carbocycles. The number of carbonyl (C=O) groups excluding carboxylic acids is 2. The maximum atomic E-state index is 14.2. The van der Waals surface area contributed by atoms with Crippen molar-refractivity contribution in [2.45, 2.75) is 20.3 Å². The average molecular weight is 366 g/mol. The van der Waals surface area contributed by atoms with Crippen LogP contribution >= 0.6 is 0 Å². The molecule has 138 valence electrons. The minimum absolute atomic E-state index is 0.0716. The number of hydrogen-bond donors (Lipinski definition) is 1. The van der Waals surface area contributed by atoms with E-state index >= 15 is 0 Å². The molecule has 0 atom stereocenters. The molecule has 0 fully saturated rings. The Morgan fingerprint density at radius 1 is 1.22 bits per heavy atom. The van der Waals surface area contributed by atoms with Gasteiger partial charge in [-0.15, -0.1) is 0 Å². The molecule has 0 saturated heterocycles. The third-order valence-electron chi connectivity index (χ3n) is 4.31. The summed E-state index contributed by atoms with van der Waals surface area (Å²) in [7, 11) is 1.44. The Morgan fingerprint density at radius 3 is 2.56 bits per heavy atom. The lowest BCUT2D eigenvalue weighted by molar-refractivity contribution is -0.107. The number of aromatic nitrogens is 1. The fourth-order valence-corrected chi connectivity index (χ4v) is 3.06. The monoisotopic (exact) mass is 366 g/mol. The van der Waals surface area contributed by atoms with E-state index in [0.717, 1.165) is 23.0 Å². The molecule has 5 nitrogen and oxygen atoms in total. The second-order valence-corrected chi connectivity index (χ2v) is 6.27. The number of nitrogens with one attached hydrogen (secondary N) is 1. The predicted octanol–water partition coefficient (Wildman–Crippen LogP) is 3.88. The maximum absolute atomic E-state index is 14.2. The van der Waals surface area contributed by atoms with E-state index in [0.29, 0.717) is 28.8 Å². The van der Waals surface area contributed by atoms with Crippen molar-refractivity contribution in [3.63, 3.8) is 0 Å². The van der Waals surface area contributed by atoms with E-state index in [-0.39, 0.29) is 5.56 Å². The first-order valence-corrected chi connectivity index (χ1v) is 8.46. The van der Waals surface area contributed by atoms with Crippen molar-refractivity contribution in [3.8, 4) is 11.5 Å². The molecule has 1 aromatic heterocycles. The predicted molar refractivity (Wildman–Crippen MR) is 101 cm³/mol. The van der Waals surface area contributed by atoms with Crippen LogP contribution in [0.2, 0.25) is 0 Å². The highest BCUT2D eigenvalue weighted by Gasteiger charge is 2.16. The van der Waals surface area contributed by atoms with Crippen LogP contribution < -0.4 is 10.1 Å². The van der Waals surface area contributed by atoms with Gasteiger partial charge in [-0.05, 0) is 42.7 Å². The van der Waals surface area contributed by atoms with Crippen molar-refractivity contribution in [2.75, 3.05) is 7.05 Å². The molecule has 3 rings (SSSR count). The number of carbonyl (C=O) groups is 2. The maximum Gasteiger partial charge on any atom is 0.254 e. The summed E-state index contributed by atoms with van der Waals surface area (Å²) in [5.74, 6) is -0.0330. The molecule has 1 amide bonds. The zero-order chi connectivity index (χ0) is 19.6. The van der Waals surface area contributed by atoms with Gasteiger partial charge in [-0.1, -0.05) is 12.1 Å². The largest absolute Gasteiger partial charge is 0.456 e. The Hall–Kier alpha value is -3.28. The molecule has 0 saturated carbocycles. The Bertz CT molecular complexity index is 1020. The molecular weight excluding hydrogens is 347 g/mol. The summed E-state index contributed by atoms with van der Waals surface area (Å²) in [6.45, 7) is 3.80. The number of ether oxygens (including phenoxy) is 1. The van der Waals surface area contributed by atoms with Gasteiger partial charge in [0, 0.05) is 31.1 Å². The summed E-state index contributed by atoms with van der Waals surface area (Å²) >= 11 is 0. The van der Waals surface area contributed by atoms with E-state index in [1.54, 1.807) is 6.07 Å². The smallest absolute Gasteiger partial charge is 0.254 e. The third kappa shape index (κ3) is 3.65. The summed E-state index contributed by atoms with van der Waals surface area (Å²) < 4.78 is 20.3. The molecule has 0 spiro atoms. The van der Waals surface area contributed by atoms with E-state index in [1.165, 1.54) is 25.4 Å². The van der Waals surface area contributed by atoms with Crippen molar-refractivity contribution in [1.29, 1.82) is 0 Å². The molecule has 1 N–H and O–H groups in total. The first-order valence-electron chi connectivity index (χ1n) is 8.46. The Morgan fingerprint density at radius 2 is 1.93 bits per heavy atom. The van der Waals surface area contributed by atoms with Gasteiger partial charge in [-0.3, -0.25) is 9.78 Å². The quantitative estimate of drug-likeness (QED) is 0.696. The number of nitrogens with zero attached hydrogens (tertiary/aromatic N) is 1. The number of aryl methyl sites for hydroxylation is 2. The summed E-state index contributed by atoms with van der Waals surface area (Å²) in [5, 5.41) is 2.96. The van der Waals surface area contributed by atoms with Gasteiger partial charge in [-0.2, -0.15) is 0 Å². The fraction of sp³-hybridized carbons (Fsp3) is 0.190. The van der Waals surface area contributed by atoms with E-state index < -0.39 is 11.7 Å². The standard InChI is InChI=1S/C21H19FN2O3/c1-12-8-14(5-7-25)9-13(2)20(12)27-19-4-6-24-18-11-17(22)15(10-16(18)19)21(26)23-3/h4,6-11H,5H2,1-3H3,(H,23,26). The van der Waals surface area contributed by atoms with Crippen LogP contribution in [-0.2, 0) is 11.2 Å². The van der Waals surface area contributed by atoms with Gasteiger partial charge in [0.25, 0.3) is 5.91 Å². The molecule has 0 unspecified atom stereocenters. The van der Waals surface area contributed by atoms with Crippen LogP contribution in [0.25, 0.3) is 10.9 Å². The number of amides is 1. The van der Waals surface area contributed by atoms with Crippen molar-refractivity contribution >= 4 is 23.1 Å². The normalized spacial score (nSPS) is 10.7. The van der Waals surface area contributed by atoms with Crippen LogP contribution in [0.15, 0.2) is 36.5 Å². The Balaban J connectivity index is 2.10. The molecule has 0 radical (unpaired) electrons. The lowest BCUT2D eigenvalue weighted by Gasteiger charge is -2.15. The summed E-state index contributed by atoms with van der Waals surface area (Å²) in [5.41, 5.74) is 3.00. The fourth-order valence-electron chi connectivity index (χ4n) is 3.06. The highest BCUT2D eigenvalue weighted by Crippen LogP contribution is 2.34. The van der Waals surface area contributed by atoms with E-state index in [9.17, 15) is 14.0 Å². The van der Waals surface area contributed by atoms with Crippen molar-refractivity contribution in [1.82, 2.24) is 10.3 Å². The van der Waals surface area contributed by atoms with Gasteiger partial charge < -0.3 is 14.8 Å².